The number of anilines is 3. The Morgan fingerprint density at radius 3 is 2.21 bits per heavy atom. The van der Waals surface area contributed by atoms with Gasteiger partial charge in [0.15, 0.2) is 0 Å². The Hall–Kier alpha value is -4.57. The van der Waals surface area contributed by atoms with E-state index in [0.717, 1.165) is 40.7 Å². The standard InChI is InChI=1S/C35H33N3O/c1-35(2,3)28-16-17-33-34(22-28)38(24-37(33)4)29-13-9-15-31(23-29)39-30-14-8-12-27(20-30)32-21-26(18-19-36-32)25-10-6-5-7-11-25/h5-23H,24H2,1-4H3. The molecule has 0 unspecified atom stereocenters. The third kappa shape index (κ3) is 5.10. The summed E-state index contributed by atoms with van der Waals surface area (Å²) in [7, 11) is 2.14. The van der Waals surface area contributed by atoms with E-state index in [1.54, 1.807) is 0 Å². The fourth-order valence-electron chi connectivity index (χ4n) is 5.08. The molecule has 194 valence electrons. The molecule has 0 saturated heterocycles. The van der Waals surface area contributed by atoms with Gasteiger partial charge in [0.2, 0.25) is 0 Å². The highest BCUT2D eigenvalue weighted by atomic mass is 16.5. The number of aromatic nitrogens is 1. The number of hydrogen-bond donors (Lipinski definition) is 0. The highest BCUT2D eigenvalue weighted by molar-refractivity contribution is 5.83. The number of hydrogen-bond acceptors (Lipinski definition) is 4. The van der Waals surface area contributed by atoms with Gasteiger partial charge in [0.1, 0.15) is 11.5 Å². The molecule has 0 amide bonds. The second-order valence-corrected chi connectivity index (χ2v) is 11.1. The molecule has 1 aromatic heterocycles. The third-order valence-corrected chi connectivity index (χ3v) is 7.26. The van der Waals surface area contributed by atoms with E-state index in [1.807, 2.05) is 36.5 Å². The summed E-state index contributed by atoms with van der Waals surface area (Å²) in [4.78, 5) is 9.28. The van der Waals surface area contributed by atoms with Crippen molar-refractivity contribution in [3.63, 3.8) is 0 Å². The Kier molecular flexibility index (Phi) is 6.32. The molecule has 0 radical (unpaired) electrons. The van der Waals surface area contributed by atoms with E-state index < -0.39 is 0 Å². The van der Waals surface area contributed by atoms with Gasteiger partial charge in [0, 0.05) is 30.6 Å². The summed E-state index contributed by atoms with van der Waals surface area (Å²) in [6.45, 7) is 7.57. The van der Waals surface area contributed by atoms with Crippen LogP contribution in [0.3, 0.4) is 0 Å². The molecular weight excluding hydrogens is 478 g/mol. The van der Waals surface area contributed by atoms with Crippen LogP contribution in [0.2, 0.25) is 0 Å². The first kappa shape index (κ1) is 24.7. The summed E-state index contributed by atoms with van der Waals surface area (Å²) >= 11 is 0. The number of benzene rings is 4. The van der Waals surface area contributed by atoms with Gasteiger partial charge < -0.3 is 14.5 Å². The third-order valence-electron chi connectivity index (χ3n) is 7.26. The molecule has 0 saturated carbocycles. The smallest absolute Gasteiger partial charge is 0.129 e. The lowest BCUT2D eigenvalue weighted by atomic mass is 9.86. The molecule has 0 bridgehead atoms. The van der Waals surface area contributed by atoms with Gasteiger partial charge >= 0.3 is 0 Å². The van der Waals surface area contributed by atoms with Gasteiger partial charge in [-0.3, -0.25) is 4.98 Å². The molecule has 0 aliphatic carbocycles. The van der Waals surface area contributed by atoms with Crippen molar-refractivity contribution >= 4 is 17.1 Å². The maximum atomic E-state index is 6.38. The molecule has 1 aliphatic rings. The first-order valence-electron chi connectivity index (χ1n) is 13.4. The van der Waals surface area contributed by atoms with Crippen LogP contribution in [0.1, 0.15) is 26.3 Å². The summed E-state index contributed by atoms with van der Waals surface area (Å²) in [6.07, 6.45) is 1.87. The van der Waals surface area contributed by atoms with E-state index in [-0.39, 0.29) is 5.41 Å². The molecule has 0 fully saturated rings. The summed E-state index contributed by atoms with van der Waals surface area (Å²) in [6, 6.07) is 37.8. The first-order valence-corrected chi connectivity index (χ1v) is 13.4. The fourth-order valence-corrected chi connectivity index (χ4v) is 5.08. The predicted molar refractivity (Wildman–Crippen MR) is 162 cm³/mol. The van der Waals surface area contributed by atoms with Crippen LogP contribution in [-0.2, 0) is 5.41 Å². The van der Waals surface area contributed by atoms with Crippen LogP contribution in [0, 0.1) is 0 Å². The van der Waals surface area contributed by atoms with Crippen LogP contribution in [0.15, 0.2) is 115 Å². The lowest BCUT2D eigenvalue weighted by Crippen LogP contribution is -2.23. The Balaban J connectivity index is 1.27. The van der Waals surface area contributed by atoms with E-state index in [9.17, 15) is 0 Å². The van der Waals surface area contributed by atoms with E-state index in [2.05, 4.69) is 121 Å². The number of ether oxygens (including phenoxy) is 1. The second kappa shape index (κ2) is 9.95. The molecule has 4 aromatic carbocycles. The molecule has 39 heavy (non-hydrogen) atoms. The van der Waals surface area contributed by atoms with Gasteiger partial charge in [-0.05, 0) is 70.6 Å². The van der Waals surface area contributed by atoms with E-state index >= 15 is 0 Å². The van der Waals surface area contributed by atoms with Gasteiger partial charge in [-0.2, -0.15) is 0 Å². The van der Waals surface area contributed by atoms with Crippen molar-refractivity contribution in [1.29, 1.82) is 0 Å². The molecule has 0 N–H and O–H groups in total. The zero-order chi connectivity index (χ0) is 27.0. The number of fused-ring (bicyclic) bond motifs is 1. The molecular formula is C35H33N3O. The molecule has 6 rings (SSSR count). The van der Waals surface area contributed by atoms with E-state index in [0.29, 0.717) is 0 Å². The summed E-state index contributed by atoms with van der Waals surface area (Å²) < 4.78 is 6.38. The normalized spacial score (nSPS) is 12.9. The van der Waals surface area contributed by atoms with Gasteiger partial charge in [-0.1, -0.05) is 75.4 Å². The molecule has 0 atom stereocenters. The van der Waals surface area contributed by atoms with Crippen molar-refractivity contribution in [2.45, 2.75) is 26.2 Å². The zero-order valence-electron chi connectivity index (χ0n) is 22.9. The number of nitrogens with zero attached hydrogens (tertiary/aromatic N) is 3. The average Bonchev–Trinajstić information content (AvgIpc) is 3.29. The minimum Gasteiger partial charge on any atom is -0.457 e. The van der Waals surface area contributed by atoms with Crippen molar-refractivity contribution in [3.05, 3.63) is 121 Å². The molecule has 1 aliphatic heterocycles. The van der Waals surface area contributed by atoms with Gasteiger partial charge in [0.05, 0.1) is 23.7 Å². The van der Waals surface area contributed by atoms with Gasteiger partial charge in [0.25, 0.3) is 0 Å². The number of pyridine rings is 1. The quantitative estimate of drug-likeness (QED) is 0.235. The largest absolute Gasteiger partial charge is 0.457 e. The minimum atomic E-state index is 0.0906. The van der Waals surface area contributed by atoms with Crippen molar-refractivity contribution in [3.8, 4) is 33.9 Å². The van der Waals surface area contributed by atoms with Crippen molar-refractivity contribution in [2.75, 3.05) is 23.5 Å². The topological polar surface area (TPSA) is 28.6 Å². The van der Waals surface area contributed by atoms with Crippen LogP contribution in [0.5, 0.6) is 11.5 Å². The maximum Gasteiger partial charge on any atom is 0.129 e. The van der Waals surface area contributed by atoms with E-state index in [1.165, 1.54) is 22.5 Å². The maximum absolute atomic E-state index is 6.38. The minimum absolute atomic E-state index is 0.0906. The molecule has 4 nitrogen and oxygen atoms in total. The SMILES string of the molecule is CN1CN(c2cccc(Oc3cccc(-c4cc(-c5ccccc5)ccn4)c3)c2)c2cc(C(C)(C)C)ccc21. The summed E-state index contributed by atoms with van der Waals surface area (Å²) in [5, 5.41) is 0. The zero-order valence-corrected chi connectivity index (χ0v) is 22.9. The Labute approximate surface area is 231 Å². The van der Waals surface area contributed by atoms with Crippen LogP contribution in [-0.4, -0.2) is 18.7 Å². The van der Waals surface area contributed by atoms with Crippen LogP contribution < -0.4 is 14.5 Å². The van der Waals surface area contributed by atoms with Crippen LogP contribution in [0.4, 0.5) is 17.1 Å². The lowest BCUT2D eigenvalue weighted by molar-refractivity contribution is 0.483. The summed E-state index contributed by atoms with van der Waals surface area (Å²) in [5.74, 6) is 1.59. The van der Waals surface area contributed by atoms with Crippen LogP contribution in [0.25, 0.3) is 22.4 Å². The second-order valence-electron chi connectivity index (χ2n) is 11.1. The predicted octanol–water partition coefficient (Wildman–Crippen LogP) is 9.05. The lowest BCUT2D eigenvalue weighted by Gasteiger charge is -2.23. The van der Waals surface area contributed by atoms with Crippen molar-refractivity contribution < 1.29 is 4.74 Å². The average molecular weight is 512 g/mol. The first-order chi connectivity index (χ1) is 18.8. The van der Waals surface area contributed by atoms with E-state index in [4.69, 9.17) is 4.74 Å². The highest BCUT2D eigenvalue weighted by Gasteiger charge is 2.27. The molecule has 5 aromatic rings. The van der Waals surface area contributed by atoms with Gasteiger partial charge in [-0.25, -0.2) is 0 Å². The van der Waals surface area contributed by atoms with Crippen LogP contribution >= 0.6 is 0 Å². The monoisotopic (exact) mass is 511 g/mol. The number of rotatable bonds is 5. The molecule has 4 heteroatoms. The molecule has 0 spiro atoms. The molecule has 2 heterocycles. The Morgan fingerprint density at radius 1 is 0.667 bits per heavy atom. The highest BCUT2D eigenvalue weighted by Crippen LogP contribution is 2.43. The fraction of sp³-hybridized carbons (Fsp3) is 0.171. The van der Waals surface area contributed by atoms with Crippen molar-refractivity contribution in [1.82, 2.24) is 4.98 Å². The van der Waals surface area contributed by atoms with Gasteiger partial charge in [-0.15, -0.1) is 0 Å². The Morgan fingerprint density at radius 2 is 1.41 bits per heavy atom. The summed E-state index contributed by atoms with van der Waals surface area (Å²) in [5.41, 5.74) is 9.26. The Bertz CT molecular complexity index is 1620. The van der Waals surface area contributed by atoms with Crippen molar-refractivity contribution in [2.24, 2.45) is 0 Å².